The number of rotatable bonds is 2. The molecule has 0 saturated heterocycles. The number of hydrogen-bond acceptors (Lipinski definition) is 4. The molecule has 130 valence electrons. The van der Waals surface area contributed by atoms with Gasteiger partial charge in [0.15, 0.2) is 5.69 Å². The normalized spacial score (nSPS) is 12.5. The largest absolute Gasteiger partial charge is 0.478 e. The zero-order valence-corrected chi connectivity index (χ0v) is 14.1. The van der Waals surface area contributed by atoms with Gasteiger partial charge >= 0.3 is 18.3 Å². The van der Waals surface area contributed by atoms with Gasteiger partial charge in [0.1, 0.15) is 5.01 Å². The van der Waals surface area contributed by atoms with Gasteiger partial charge in [0.05, 0.1) is 16.8 Å². The number of carboxylic acid groups (broad SMARTS) is 1. The van der Waals surface area contributed by atoms with Gasteiger partial charge < -0.3 is 10.8 Å². The van der Waals surface area contributed by atoms with Crippen molar-refractivity contribution < 1.29 is 36.2 Å². The van der Waals surface area contributed by atoms with E-state index in [2.05, 4.69) is 4.98 Å². The van der Waals surface area contributed by atoms with E-state index >= 15 is 0 Å². The van der Waals surface area contributed by atoms with Gasteiger partial charge in [-0.3, -0.25) is 0 Å². The van der Waals surface area contributed by atoms with Gasteiger partial charge in [-0.1, -0.05) is 0 Å². The molecule has 1 aromatic heterocycles. The molecule has 0 bridgehead atoms. The molecule has 0 saturated carbocycles. The summed E-state index contributed by atoms with van der Waals surface area (Å²) in [5.74, 6) is -1.68. The minimum Gasteiger partial charge on any atom is -0.478 e. The SMILES string of the molecule is Nc1c(C(=O)O)cc(C(F)(F)F)c(-c2nc(C(F)(F)F)cs2)c1I. The van der Waals surface area contributed by atoms with E-state index in [1.54, 1.807) is 0 Å². The van der Waals surface area contributed by atoms with Crippen LogP contribution in [0.1, 0.15) is 21.6 Å². The lowest BCUT2D eigenvalue weighted by Crippen LogP contribution is -2.14. The molecule has 4 nitrogen and oxygen atoms in total. The zero-order chi connectivity index (χ0) is 18.4. The molecule has 0 atom stereocenters. The Balaban J connectivity index is 2.80. The molecule has 0 fully saturated rings. The smallest absolute Gasteiger partial charge is 0.434 e. The number of carboxylic acids is 1. The minimum atomic E-state index is -5.00. The predicted octanol–water partition coefficient (Wildman–Crippen LogP) is 4.73. The first kappa shape index (κ1) is 18.8. The summed E-state index contributed by atoms with van der Waals surface area (Å²) >= 11 is 1.72. The summed E-state index contributed by atoms with van der Waals surface area (Å²) in [4.78, 5) is 14.2. The number of benzene rings is 1. The number of nitrogens with two attached hydrogens (primary N) is 1. The predicted molar refractivity (Wildman–Crippen MR) is 81.6 cm³/mol. The number of thiazole rings is 1. The molecule has 0 aliphatic carbocycles. The summed E-state index contributed by atoms with van der Waals surface area (Å²) in [5, 5.41) is 8.96. The number of alkyl halides is 6. The van der Waals surface area contributed by atoms with Crippen LogP contribution in [0, 0.1) is 3.57 Å². The number of halogens is 7. The van der Waals surface area contributed by atoms with Crippen LogP contribution in [-0.2, 0) is 12.4 Å². The average Bonchev–Trinajstić information content (AvgIpc) is 2.89. The number of anilines is 1. The molecule has 2 rings (SSSR count). The van der Waals surface area contributed by atoms with Gasteiger partial charge in [-0.2, -0.15) is 26.3 Å². The van der Waals surface area contributed by atoms with Crippen molar-refractivity contribution >= 4 is 45.6 Å². The number of aromatic nitrogens is 1. The number of aromatic carboxylic acids is 1. The Morgan fingerprint density at radius 2 is 1.79 bits per heavy atom. The van der Waals surface area contributed by atoms with Crippen LogP contribution >= 0.6 is 33.9 Å². The van der Waals surface area contributed by atoms with Gasteiger partial charge in [0, 0.05) is 14.5 Å². The van der Waals surface area contributed by atoms with Crippen molar-refractivity contribution in [3.63, 3.8) is 0 Å². The lowest BCUT2D eigenvalue weighted by molar-refractivity contribution is -0.140. The third-order valence-electron chi connectivity index (χ3n) is 2.85. The molecule has 24 heavy (non-hydrogen) atoms. The van der Waals surface area contributed by atoms with Gasteiger partial charge in [-0.05, 0) is 28.7 Å². The second-order valence-electron chi connectivity index (χ2n) is 4.41. The molecule has 0 aliphatic heterocycles. The van der Waals surface area contributed by atoms with Crippen molar-refractivity contribution in [3.05, 3.63) is 31.8 Å². The molecule has 1 aromatic carbocycles. The Bertz CT molecular complexity index is 815. The van der Waals surface area contributed by atoms with E-state index in [4.69, 9.17) is 10.8 Å². The van der Waals surface area contributed by atoms with Crippen LogP contribution in [0.5, 0.6) is 0 Å². The average molecular weight is 482 g/mol. The van der Waals surface area contributed by atoms with Gasteiger partial charge in [-0.15, -0.1) is 11.3 Å². The van der Waals surface area contributed by atoms with E-state index in [9.17, 15) is 31.1 Å². The van der Waals surface area contributed by atoms with Crippen molar-refractivity contribution in [3.8, 4) is 10.6 Å². The van der Waals surface area contributed by atoms with E-state index < -0.39 is 51.4 Å². The molecular formula is C12H5F6IN2O2S. The van der Waals surface area contributed by atoms with E-state index in [0.29, 0.717) is 22.8 Å². The summed E-state index contributed by atoms with van der Waals surface area (Å²) in [6.45, 7) is 0. The molecule has 0 aliphatic rings. The minimum absolute atomic E-state index is 0.295. The number of nitrogens with zero attached hydrogens (tertiary/aromatic N) is 1. The maximum absolute atomic E-state index is 13.2. The van der Waals surface area contributed by atoms with Crippen LogP contribution < -0.4 is 5.73 Å². The molecule has 0 unspecified atom stereocenters. The highest BCUT2D eigenvalue weighted by molar-refractivity contribution is 14.1. The molecule has 1 heterocycles. The molecule has 3 N–H and O–H groups in total. The van der Waals surface area contributed by atoms with E-state index in [1.807, 2.05) is 0 Å². The maximum atomic E-state index is 13.2. The van der Waals surface area contributed by atoms with E-state index in [1.165, 1.54) is 22.6 Å². The van der Waals surface area contributed by atoms with Crippen LogP contribution in [0.15, 0.2) is 11.4 Å². The molecule has 0 amide bonds. The lowest BCUT2D eigenvalue weighted by Gasteiger charge is -2.16. The monoisotopic (exact) mass is 482 g/mol. The second-order valence-corrected chi connectivity index (χ2v) is 6.35. The number of hydrogen-bond donors (Lipinski definition) is 2. The third kappa shape index (κ3) is 3.43. The Hall–Kier alpha value is -1.57. The number of carbonyl (C=O) groups is 1. The van der Waals surface area contributed by atoms with E-state index in [-0.39, 0.29) is 3.57 Å². The maximum Gasteiger partial charge on any atom is 0.434 e. The Kier molecular flexibility index (Phi) is 4.74. The van der Waals surface area contributed by atoms with Crippen LogP contribution in [0.2, 0.25) is 0 Å². The highest BCUT2D eigenvalue weighted by Crippen LogP contribution is 2.44. The summed E-state index contributed by atoms with van der Waals surface area (Å²) in [6.07, 6.45) is -9.82. The summed E-state index contributed by atoms with van der Waals surface area (Å²) in [7, 11) is 0. The third-order valence-corrected chi connectivity index (χ3v) is 4.83. The lowest BCUT2D eigenvalue weighted by atomic mass is 10.0. The van der Waals surface area contributed by atoms with Crippen LogP contribution in [0.4, 0.5) is 32.0 Å². The fraction of sp³-hybridized carbons (Fsp3) is 0.167. The van der Waals surface area contributed by atoms with Gasteiger partial charge in [0.2, 0.25) is 0 Å². The summed E-state index contributed by atoms with van der Waals surface area (Å²) in [6, 6.07) is 0.295. The Morgan fingerprint density at radius 3 is 2.21 bits per heavy atom. The molecule has 2 aromatic rings. The van der Waals surface area contributed by atoms with Crippen molar-refractivity contribution in [1.82, 2.24) is 4.98 Å². The fourth-order valence-electron chi connectivity index (χ4n) is 1.79. The highest BCUT2D eigenvalue weighted by atomic mass is 127. The molecule has 12 heteroatoms. The first-order valence-electron chi connectivity index (χ1n) is 5.79. The van der Waals surface area contributed by atoms with Crippen molar-refractivity contribution in [2.75, 3.05) is 5.73 Å². The highest BCUT2D eigenvalue weighted by Gasteiger charge is 2.39. The molecule has 0 radical (unpaired) electrons. The van der Waals surface area contributed by atoms with Crippen LogP contribution in [-0.4, -0.2) is 16.1 Å². The topological polar surface area (TPSA) is 76.2 Å². The van der Waals surface area contributed by atoms with E-state index in [0.717, 1.165) is 0 Å². The second kappa shape index (κ2) is 6.06. The zero-order valence-electron chi connectivity index (χ0n) is 11.1. The Morgan fingerprint density at radius 1 is 1.21 bits per heavy atom. The molecular weight excluding hydrogens is 477 g/mol. The number of nitrogen functional groups attached to an aromatic ring is 1. The summed E-state index contributed by atoms with van der Waals surface area (Å²) < 4.78 is 77.3. The first-order chi connectivity index (χ1) is 10.8. The quantitative estimate of drug-likeness (QED) is 0.369. The van der Waals surface area contributed by atoms with Crippen LogP contribution in [0.3, 0.4) is 0 Å². The van der Waals surface area contributed by atoms with Gasteiger partial charge in [-0.25, -0.2) is 9.78 Å². The van der Waals surface area contributed by atoms with Gasteiger partial charge in [0.25, 0.3) is 0 Å². The fourth-order valence-corrected chi connectivity index (χ4v) is 3.70. The van der Waals surface area contributed by atoms with Crippen molar-refractivity contribution in [2.24, 2.45) is 0 Å². The standard InChI is InChI=1S/C12H5F6IN2O2S/c13-11(14,15)4-1-3(10(22)23)8(20)7(19)6(4)9-21-5(2-24-9)12(16,17)18/h1-2H,20H2,(H,22,23). The summed E-state index contributed by atoms with van der Waals surface area (Å²) in [5.41, 5.74) is 0.829. The van der Waals surface area contributed by atoms with Crippen molar-refractivity contribution in [2.45, 2.75) is 12.4 Å². The van der Waals surface area contributed by atoms with Crippen LogP contribution in [0.25, 0.3) is 10.6 Å². The Labute approximate surface area is 147 Å². The molecule has 0 spiro atoms. The van der Waals surface area contributed by atoms with Crippen molar-refractivity contribution in [1.29, 1.82) is 0 Å². The first-order valence-corrected chi connectivity index (χ1v) is 7.75.